The SMILES string of the molecule is CCCSc1nc2c(c(=O)[nH]1)C(C)(C1CCCCC1)Cc1ccccc1-2. The Bertz CT molecular complexity index is 853. The fourth-order valence-corrected chi connectivity index (χ4v) is 5.64. The quantitative estimate of drug-likeness (QED) is 0.586. The molecule has 0 aliphatic heterocycles. The first-order valence-corrected chi connectivity index (χ1v) is 11.0. The molecule has 138 valence electrons. The zero-order valence-corrected chi connectivity index (χ0v) is 16.6. The second-order valence-electron chi connectivity index (χ2n) is 8.03. The van der Waals surface area contributed by atoms with E-state index in [1.54, 1.807) is 11.8 Å². The van der Waals surface area contributed by atoms with Crippen molar-refractivity contribution in [1.29, 1.82) is 0 Å². The molecular formula is C22H28N2OS. The maximum absolute atomic E-state index is 13.2. The van der Waals surface area contributed by atoms with Gasteiger partial charge in [-0.3, -0.25) is 4.79 Å². The highest BCUT2D eigenvalue weighted by molar-refractivity contribution is 7.99. The van der Waals surface area contributed by atoms with Crippen LogP contribution < -0.4 is 5.56 Å². The van der Waals surface area contributed by atoms with Crippen LogP contribution in [0.2, 0.25) is 0 Å². The summed E-state index contributed by atoms with van der Waals surface area (Å²) in [5.74, 6) is 1.55. The van der Waals surface area contributed by atoms with Gasteiger partial charge in [0, 0.05) is 16.7 Å². The molecule has 1 aromatic heterocycles. The van der Waals surface area contributed by atoms with Crippen LogP contribution in [0.5, 0.6) is 0 Å². The lowest BCUT2D eigenvalue weighted by Gasteiger charge is -2.43. The lowest BCUT2D eigenvalue weighted by molar-refractivity contribution is 0.213. The number of fused-ring (bicyclic) bond motifs is 3. The molecule has 1 atom stereocenters. The van der Waals surface area contributed by atoms with E-state index in [1.165, 1.54) is 37.7 Å². The summed E-state index contributed by atoms with van der Waals surface area (Å²) in [4.78, 5) is 21.2. The largest absolute Gasteiger partial charge is 0.301 e. The van der Waals surface area contributed by atoms with E-state index in [0.29, 0.717) is 5.92 Å². The van der Waals surface area contributed by atoms with Crippen LogP contribution in [0.1, 0.15) is 63.5 Å². The Morgan fingerprint density at radius 3 is 2.77 bits per heavy atom. The molecule has 4 heteroatoms. The summed E-state index contributed by atoms with van der Waals surface area (Å²) < 4.78 is 0. The van der Waals surface area contributed by atoms with E-state index in [2.05, 4.69) is 43.1 Å². The fourth-order valence-electron chi connectivity index (χ4n) is 4.92. The molecule has 1 aromatic carbocycles. The van der Waals surface area contributed by atoms with Gasteiger partial charge in [0.15, 0.2) is 5.16 Å². The van der Waals surface area contributed by atoms with Gasteiger partial charge >= 0.3 is 0 Å². The maximum Gasteiger partial charge on any atom is 0.255 e. The van der Waals surface area contributed by atoms with Gasteiger partial charge in [0.25, 0.3) is 5.56 Å². The molecule has 0 amide bonds. The van der Waals surface area contributed by atoms with Crippen LogP contribution in [0.4, 0.5) is 0 Å². The average molecular weight is 369 g/mol. The van der Waals surface area contributed by atoms with Gasteiger partial charge in [0.2, 0.25) is 0 Å². The first-order chi connectivity index (χ1) is 12.6. The number of aromatic nitrogens is 2. The number of nitrogens with zero attached hydrogens (tertiary/aromatic N) is 1. The third-order valence-corrected chi connectivity index (χ3v) is 7.33. The highest BCUT2D eigenvalue weighted by atomic mass is 32.2. The van der Waals surface area contributed by atoms with Crippen molar-refractivity contribution >= 4 is 11.8 Å². The van der Waals surface area contributed by atoms with E-state index in [4.69, 9.17) is 4.98 Å². The zero-order chi connectivity index (χ0) is 18.1. The molecule has 26 heavy (non-hydrogen) atoms. The van der Waals surface area contributed by atoms with Gasteiger partial charge in [-0.05, 0) is 37.2 Å². The standard InChI is InChI=1S/C22H28N2OS/c1-3-13-26-21-23-19-17-12-8-7-9-15(17)14-22(2,18(19)20(25)24-21)16-10-5-4-6-11-16/h7-9,12,16H,3-6,10-11,13-14H2,1-2H3,(H,23,24,25). The average Bonchev–Trinajstić information content (AvgIpc) is 2.67. The summed E-state index contributed by atoms with van der Waals surface area (Å²) in [7, 11) is 0. The lowest BCUT2D eigenvalue weighted by atomic mass is 9.60. The minimum absolute atomic E-state index is 0.0798. The summed E-state index contributed by atoms with van der Waals surface area (Å²) in [6.45, 7) is 4.46. The summed E-state index contributed by atoms with van der Waals surface area (Å²) in [6.07, 6.45) is 8.37. The molecule has 2 aliphatic rings. The van der Waals surface area contributed by atoms with E-state index in [0.717, 1.165) is 40.6 Å². The summed E-state index contributed by atoms with van der Waals surface area (Å²) in [5, 5.41) is 0.762. The molecule has 0 radical (unpaired) electrons. The number of rotatable bonds is 4. The Balaban J connectivity index is 1.88. The van der Waals surface area contributed by atoms with Crippen molar-refractivity contribution in [2.24, 2.45) is 5.92 Å². The predicted molar refractivity (Wildman–Crippen MR) is 109 cm³/mol. The number of benzene rings is 1. The van der Waals surface area contributed by atoms with Crippen LogP contribution in [-0.2, 0) is 11.8 Å². The predicted octanol–water partition coefficient (Wildman–Crippen LogP) is 5.33. The minimum atomic E-state index is -0.112. The molecule has 1 unspecified atom stereocenters. The molecule has 2 aromatic rings. The van der Waals surface area contributed by atoms with Gasteiger partial charge in [-0.15, -0.1) is 0 Å². The van der Waals surface area contributed by atoms with Gasteiger partial charge in [-0.2, -0.15) is 0 Å². The highest BCUT2D eigenvalue weighted by Gasteiger charge is 2.44. The van der Waals surface area contributed by atoms with Crippen LogP contribution in [0.15, 0.2) is 34.2 Å². The van der Waals surface area contributed by atoms with Crippen molar-refractivity contribution in [2.45, 2.75) is 69.4 Å². The Kier molecular flexibility index (Phi) is 4.96. The Morgan fingerprint density at radius 1 is 1.23 bits per heavy atom. The summed E-state index contributed by atoms with van der Waals surface area (Å²) in [6, 6.07) is 8.54. The third-order valence-electron chi connectivity index (χ3n) is 6.25. The van der Waals surface area contributed by atoms with Gasteiger partial charge in [-0.25, -0.2) is 4.98 Å². The van der Waals surface area contributed by atoms with Crippen LogP contribution in [0, 0.1) is 5.92 Å². The number of hydrogen-bond acceptors (Lipinski definition) is 3. The van der Waals surface area contributed by atoms with Crippen molar-refractivity contribution in [1.82, 2.24) is 9.97 Å². The Hall–Kier alpha value is -1.55. The Labute approximate surface area is 160 Å². The number of hydrogen-bond donors (Lipinski definition) is 1. The molecule has 1 saturated carbocycles. The van der Waals surface area contributed by atoms with Crippen molar-refractivity contribution in [3.63, 3.8) is 0 Å². The van der Waals surface area contributed by atoms with Gasteiger partial charge < -0.3 is 4.98 Å². The topological polar surface area (TPSA) is 45.8 Å². The van der Waals surface area contributed by atoms with E-state index < -0.39 is 0 Å². The molecule has 1 N–H and O–H groups in total. The van der Waals surface area contributed by atoms with Gasteiger partial charge in [0.05, 0.1) is 11.3 Å². The first kappa shape index (κ1) is 17.8. The van der Waals surface area contributed by atoms with Crippen molar-refractivity contribution < 1.29 is 0 Å². The summed E-state index contributed by atoms with van der Waals surface area (Å²) >= 11 is 1.65. The third kappa shape index (κ3) is 3.02. The monoisotopic (exact) mass is 368 g/mol. The Morgan fingerprint density at radius 2 is 2.00 bits per heavy atom. The molecular weight excluding hydrogens is 340 g/mol. The second-order valence-corrected chi connectivity index (χ2v) is 9.11. The molecule has 1 fully saturated rings. The normalized spacial score (nSPS) is 22.7. The summed E-state index contributed by atoms with van der Waals surface area (Å²) in [5.41, 5.74) is 4.33. The van der Waals surface area contributed by atoms with Crippen molar-refractivity contribution in [2.75, 3.05) is 5.75 Å². The van der Waals surface area contributed by atoms with Crippen LogP contribution in [0.25, 0.3) is 11.3 Å². The van der Waals surface area contributed by atoms with E-state index in [9.17, 15) is 4.79 Å². The number of thioether (sulfide) groups is 1. The lowest BCUT2D eigenvalue weighted by Crippen LogP contribution is -2.43. The molecule has 0 spiro atoms. The molecule has 2 aliphatic carbocycles. The van der Waals surface area contributed by atoms with Gasteiger partial charge in [-0.1, -0.05) is 69.1 Å². The van der Waals surface area contributed by atoms with Crippen LogP contribution in [-0.4, -0.2) is 15.7 Å². The molecule has 1 heterocycles. The molecule has 0 bridgehead atoms. The van der Waals surface area contributed by atoms with E-state index >= 15 is 0 Å². The number of H-pyrrole nitrogens is 1. The smallest absolute Gasteiger partial charge is 0.255 e. The second kappa shape index (κ2) is 7.22. The molecule has 0 saturated heterocycles. The van der Waals surface area contributed by atoms with Crippen LogP contribution in [0.3, 0.4) is 0 Å². The maximum atomic E-state index is 13.2. The van der Waals surface area contributed by atoms with E-state index in [-0.39, 0.29) is 11.0 Å². The van der Waals surface area contributed by atoms with Crippen molar-refractivity contribution in [3.05, 3.63) is 45.7 Å². The van der Waals surface area contributed by atoms with Gasteiger partial charge in [0.1, 0.15) is 0 Å². The molecule has 3 nitrogen and oxygen atoms in total. The van der Waals surface area contributed by atoms with Crippen molar-refractivity contribution in [3.8, 4) is 11.3 Å². The zero-order valence-electron chi connectivity index (χ0n) is 15.8. The number of aromatic amines is 1. The van der Waals surface area contributed by atoms with E-state index in [1.807, 2.05) is 0 Å². The first-order valence-electron chi connectivity index (χ1n) is 9.99. The highest BCUT2D eigenvalue weighted by Crippen LogP contribution is 2.48. The minimum Gasteiger partial charge on any atom is -0.301 e. The molecule has 4 rings (SSSR count). The fraction of sp³-hybridized carbons (Fsp3) is 0.545. The number of nitrogens with one attached hydrogen (secondary N) is 1. The van der Waals surface area contributed by atoms with Crippen LogP contribution >= 0.6 is 11.8 Å².